The van der Waals surface area contributed by atoms with E-state index in [1.54, 1.807) is 0 Å². The molecule has 0 N–H and O–H groups in total. The van der Waals surface area contributed by atoms with Gasteiger partial charge < -0.3 is 0 Å². The van der Waals surface area contributed by atoms with E-state index in [0.29, 0.717) is 6.17 Å². The fourth-order valence-corrected chi connectivity index (χ4v) is 3.66. The fraction of sp³-hybridized carbons (Fsp3) is 0.227. The molecule has 3 nitrogen and oxygen atoms in total. The van der Waals surface area contributed by atoms with E-state index in [0.717, 1.165) is 26.2 Å². The molecule has 2 heterocycles. The first-order valence-electron chi connectivity index (χ1n) is 8.86. The third-order valence-corrected chi connectivity index (χ3v) is 4.83. The summed E-state index contributed by atoms with van der Waals surface area (Å²) in [6, 6.07) is 25.8. The first-order valence-corrected chi connectivity index (χ1v) is 8.86. The minimum atomic E-state index is 0.295. The van der Waals surface area contributed by atoms with Gasteiger partial charge in [0.1, 0.15) is 0 Å². The predicted molar refractivity (Wildman–Crippen MR) is 101 cm³/mol. The second-order valence-corrected chi connectivity index (χ2v) is 6.57. The van der Waals surface area contributed by atoms with Crippen molar-refractivity contribution in [2.75, 3.05) is 13.1 Å². The van der Waals surface area contributed by atoms with Gasteiger partial charge in [-0.25, -0.2) is 0 Å². The zero-order valence-corrected chi connectivity index (χ0v) is 14.3. The molecule has 0 amide bonds. The summed E-state index contributed by atoms with van der Waals surface area (Å²) in [5.41, 5.74) is 4.05. The van der Waals surface area contributed by atoms with Gasteiger partial charge in [0.15, 0.2) is 0 Å². The number of aromatic nitrogens is 1. The van der Waals surface area contributed by atoms with Crippen molar-refractivity contribution in [3.63, 3.8) is 0 Å². The van der Waals surface area contributed by atoms with E-state index in [-0.39, 0.29) is 0 Å². The zero-order chi connectivity index (χ0) is 16.9. The average Bonchev–Trinajstić information content (AvgIpc) is 3.06. The van der Waals surface area contributed by atoms with E-state index >= 15 is 0 Å². The number of hydrogen-bond acceptors (Lipinski definition) is 3. The highest BCUT2D eigenvalue weighted by Gasteiger charge is 2.32. The lowest BCUT2D eigenvalue weighted by Gasteiger charge is -2.31. The topological polar surface area (TPSA) is 19.4 Å². The van der Waals surface area contributed by atoms with Crippen molar-refractivity contribution in [3.05, 3.63) is 102 Å². The number of pyridine rings is 1. The Morgan fingerprint density at radius 3 is 1.64 bits per heavy atom. The summed E-state index contributed by atoms with van der Waals surface area (Å²) in [4.78, 5) is 9.32. The number of nitrogens with zero attached hydrogens (tertiary/aromatic N) is 3. The zero-order valence-electron chi connectivity index (χ0n) is 14.3. The summed E-state index contributed by atoms with van der Waals surface area (Å²) < 4.78 is 0. The van der Waals surface area contributed by atoms with Gasteiger partial charge in [-0.2, -0.15) is 0 Å². The monoisotopic (exact) mass is 329 g/mol. The summed E-state index contributed by atoms with van der Waals surface area (Å²) in [6.45, 7) is 4.10. The first kappa shape index (κ1) is 16.0. The van der Waals surface area contributed by atoms with Gasteiger partial charge in [-0.3, -0.25) is 14.8 Å². The van der Waals surface area contributed by atoms with Crippen molar-refractivity contribution in [1.29, 1.82) is 0 Å². The number of benzene rings is 2. The molecule has 3 heteroatoms. The van der Waals surface area contributed by atoms with E-state index < -0.39 is 0 Å². The van der Waals surface area contributed by atoms with Crippen molar-refractivity contribution < 1.29 is 0 Å². The maximum Gasteiger partial charge on any atom is 0.0894 e. The Kier molecular flexibility index (Phi) is 4.86. The van der Waals surface area contributed by atoms with Crippen LogP contribution in [0.5, 0.6) is 0 Å². The van der Waals surface area contributed by atoms with Gasteiger partial charge in [-0.1, -0.05) is 60.7 Å². The maximum atomic E-state index is 4.20. The van der Waals surface area contributed by atoms with Crippen LogP contribution in [0.25, 0.3) is 0 Å². The summed E-state index contributed by atoms with van der Waals surface area (Å²) in [5, 5.41) is 0. The van der Waals surface area contributed by atoms with Crippen LogP contribution in [0.15, 0.2) is 85.2 Å². The molecule has 1 aliphatic rings. The molecule has 0 radical (unpaired) electrons. The highest BCUT2D eigenvalue weighted by Crippen LogP contribution is 2.32. The van der Waals surface area contributed by atoms with Crippen molar-refractivity contribution in [3.8, 4) is 0 Å². The highest BCUT2D eigenvalue weighted by molar-refractivity contribution is 5.21. The van der Waals surface area contributed by atoms with Crippen molar-refractivity contribution in [2.24, 2.45) is 0 Å². The molecule has 0 spiro atoms. The predicted octanol–water partition coefficient (Wildman–Crippen LogP) is 4.10. The van der Waals surface area contributed by atoms with Crippen LogP contribution in [0.3, 0.4) is 0 Å². The van der Waals surface area contributed by atoms with Gasteiger partial charge in [0.25, 0.3) is 0 Å². The second-order valence-electron chi connectivity index (χ2n) is 6.57. The third kappa shape index (κ3) is 3.78. The number of hydrogen-bond donors (Lipinski definition) is 0. The van der Waals surface area contributed by atoms with Crippen molar-refractivity contribution in [2.45, 2.75) is 19.3 Å². The van der Waals surface area contributed by atoms with E-state index in [9.17, 15) is 0 Å². The molecule has 0 saturated carbocycles. The molecule has 4 rings (SSSR count). The fourth-order valence-electron chi connectivity index (χ4n) is 3.66. The quantitative estimate of drug-likeness (QED) is 0.702. The Hall–Kier alpha value is -2.49. The van der Waals surface area contributed by atoms with E-state index in [1.165, 1.54) is 16.7 Å². The normalized spacial score (nSPS) is 16.3. The molecule has 1 fully saturated rings. The molecular formula is C22H23N3. The van der Waals surface area contributed by atoms with Crippen LogP contribution in [0.1, 0.15) is 22.9 Å². The van der Waals surface area contributed by atoms with Crippen LogP contribution in [-0.4, -0.2) is 27.9 Å². The first-order chi connectivity index (χ1) is 12.4. The van der Waals surface area contributed by atoms with Gasteiger partial charge in [0.2, 0.25) is 0 Å². The van der Waals surface area contributed by atoms with E-state index in [2.05, 4.69) is 87.6 Å². The molecule has 126 valence electrons. The SMILES string of the molecule is c1ccc(CN2CCN(Cc3ccccc3)C2c2ccncc2)cc1. The molecule has 0 aliphatic carbocycles. The molecule has 0 unspecified atom stereocenters. The molecule has 3 aromatic rings. The van der Waals surface area contributed by atoms with Gasteiger partial charge in [-0.05, 0) is 28.8 Å². The smallest absolute Gasteiger partial charge is 0.0894 e. The van der Waals surface area contributed by atoms with E-state index in [4.69, 9.17) is 0 Å². The molecule has 0 bridgehead atoms. The van der Waals surface area contributed by atoms with Gasteiger partial charge in [0.05, 0.1) is 6.17 Å². The van der Waals surface area contributed by atoms with Gasteiger partial charge >= 0.3 is 0 Å². The summed E-state index contributed by atoms with van der Waals surface area (Å²) >= 11 is 0. The standard InChI is InChI=1S/C22H23N3/c1-3-7-19(8-4-1)17-24-15-16-25(18-20-9-5-2-6-10-20)22(24)21-11-13-23-14-12-21/h1-14,22H,15-18H2. The van der Waals surface area contributed by atoms with Gasteiger partial charge in [0, 0.05) is 38.6 Å². The van der Waals surface area contributed by atoms with Crippen molar-refractivity contribution >= 4 is 0 Å². The van der Waals surface area contributed by atoms with Crippen LogP contribution in [0.4, 0.5) is 0 Å². The Balaban J connectivity index is 1.59. The number of rotatable bonds is 5. The summed E-state index contributed by atoms with van der Waals surface area (Å²) in [7, 11) is 0. The van der Waals surface area contributed by atoms with Crippen LogP contribution in [-0.2, 0) is 13.1 Å². The van der Waals surface area contributed by atoms with Crippen molar-refractivity contribution in [1.82, 2.24) is 14.8 Å². The molecule has 25 heavy (non-hydrogen) atoms. The average molecular weight is 329 g/mol. The molecule has 1 saturated heterocycles. The third-order valence-electron chi connectivity index (χ3n) is 4.83. The molecular weight excluding hydrogens is 306 g/mol. The Morgan fingerprint density at radius 1 is 0.680 bits per heavy atom. The lowest BCUT2D eigenvalue weighted by molar-refractivity contribution is 0.126. The Bertz CT molecular complexity index is 725. The second kappa shape index (κ2) is 7.60. The molecule has 0 atom stereocenters. The summed E-state index contributed by atoms with van der Waals surface area (Å²) in [5.74, 6) is 0. The van der Waals surface area contributed by atoms with Crippen LogP contribution in [0.2, 0.25) is 0 Å². The maximum absolute atomic E-state index is 4.20. The molecule has 1 aromatic heterocycles. The molecule has 2 aromatic carbocycles. The van der Waals surface area contributed by atoms with Crippen LogP contribution in [0, 0.1) is 0 Å². The van der Waals surface area contributed by atoms with Crippen LogP contribution < -0.4 is 0 Å². The van der Waals surface area contributed by atoms with Gasteiger partial charge in [-0.15, -0.1) is 0 Å². The Labute approximate surface area is 149 Å². The minimum Gasteiger partial charge on any atom is -0.278 e. The largest absolute Gasteiger partial charge is 0.278 e. The molecule has 1 aliphatic heterocycles. The van der Waals surface area contributed by atoms with Crippen LogP contribution >= 0.6 is 0 Å². The van der Waals surface area contributed by atoms with E-state index in [1.807, 2.05) is 12.4 Å². The highest BCUT2D eigenvalue weighted by atomic mass is 15.4. The lowest BCUT2D eigenvalue weighted by atomic mass is 10.1. The summed E-state index contributed by atoms with van der Waals surface area (Å²) in [6.07, 6.45) is 4.09. The lowest BCUT2D eigenvalue weighted by Crippen LogP contribution is -2.30. The minimum absolute atomic E-state index is 0.295. The Morgan fingerprint density at radius 2 is 1.16 bits per heavy atom.